The molecule has 0 aromatic heterocycles. The first-order valence-electron chi connectivity index (χ1n) is 4.80. The van der Waals surface area contributed by atoms with Crippen molar-refractivity contribution in [3.63, 3.8) is 0 Å². The molecule has 14 heavy (non-hydrogen) atoms. The van der Waals surface area contributed by atoms with Crippen LogP contribution in [0.25, 0.3) is 0 Å². The molecule has 2 aliphatic heterocycles. The minimum atomic E-state index is -0.803. The molecule has 1 spiro atoms. The predicted molar refractivity (Wildman–Crippen MR) is 49.4 cm³/mol. The van der Waals surface area contributed by atoms with E-state index in [0.717, 1.165) is 6.42 Å². The maximum Gasteiger partial charge on any atom is 0.332 e. The Balaban J connectivity index is 2.40. The summed E-state index contributed by atoms with van der Waals surface area (Å²) >= 11 is 0. The molecule has 4 nitrogen and oxygen atoms in total. The van der Waals surface area contributed by atoms with Gasteiger partial charge in [-0.25, -0.2) is 4.79 Å². The third-order valence-corrected chi connectivity index (χ3v) is 3.15. The summed E-state index contributed by atoms with van der Waals surface area (Å²) in [6, 6.07) is 0. The van der Waals surface area contributed by atoms with Crippen LogP contribution in [0.5, 0.6) is 0 Å². The number of hydrogen-bond acceptors (Lipinski definition) is 3. The van der Waals surface area contributed by atoms with Crippen molar-refractivity contribution < 1.29 is 14.3 Å². The highest BCUT2D eigenvalue weighted by Crippen LogP contribution is 2.39. The van der Waals surface area contributed by atoms with Gasteiger partial charge in [-0.05, 0) is 6.42 Å². The lowest BCUT2D eigenvalue weighted by Gasteiger charge is -2.24. The van der Waals surface area contributed by atoms with Crippen molar-refractivity contribution in [1.29, 1.82) is 0 Å². The Morgan fingerprint density at radius 1 is 1.64 bits per heavy atom. The lowest BCUT2D eigenvalue weighted by atomic mass is 9.81. The number of nitrogens with one attached hydrogen (secondary N) is 1. The van der Waals surface area contributed by atoms with E-state index >= 15 is 0 Å². The summed E-state index contributed by atoms with van der Waals surface area (Å²) in [5.74, 6) is -0.628. The molecule has 0 unspecified atom stereocenters. The fourth-order valence-corrected chi connectivity index (χ4v) is 2.39. The van der Waals surface area contributed by atoms with Gasteiger partial charge in [-0.3, -0.25) is 4.79 Å². The Bertz CT molecular complexity index is 323. The lowest BCUT2D eigenvalue weighted by Crippen LogP contribution is -2.49. The van der Waals surface area contributed by atoms with E-state index in [-0.39, 0.29) is 17.8 Å². The second-order valence-corrected chi connectivity index (χ2v) is 3.80. The minimum Gasteiger partial charge on any atom is -0.464 e. The maximum absolute atomic E-state index is 11.6. The van der Waals surface area contributed by atoms with E-state index in [0.29, 0.717) is 18.6 Å². The summed E-state index contributed by atoms with van der Waals surface area (Å²) < 4.78 is 4.92. The Hall–Kier alpha value is -1.32. The van der Waals surface area contributed by atoms with Crippen molar-refractivity contribution in [2.45, 2.75) is 25.3 Å². The molecule has 0 aromatic rings. The van der Waals surface area contributed by atoms with Crippen molar-refractivity contribution in [2.75, 3.05) is 6.61 Å². The third kappa shape index (κ3) is 0.937. The summed E-state index contributed by atoms with van der Waals surface area (Å²) in [7, 11) is 0. The van der Waals surface area contributed by atoms with Crippen LogP contribution in [0.1, 0.15) is 19.8 Å². The van der Waals surface area contributed by atoms with Gasteiger partial charge >= 0.3 is 5.97 Å². The van der Waals surface area contributed by atoms with E-state index in [4.69, 9.17) is 4.74 Å². The molecule has 4 heteroatoms. The first kappa shape index (κ1) is 9.24. The number of carbonyl (C=O) groups excluding carboxylic acids is 2. The molecule has 0 radical (unpaired) electrons. The van der Waals surface area contributed by atoms with Gasteiger partial charge in [-0.15, -0.1) is 0 Å². The maximum atomic E-state index is 11.6. The average molecular weight is 195 g/mol. The summed E-state index contributed by atoms with van der Waals surface area (Å²) in [5.41, 5.74) is -0.297. The van der Waals surface area contributed by atoms with Crippen LogP contribution in [-0.4, -0.2) is 24.0 Å². The average Bonchev–Trinajstić information content (AvgIpc) is 2.60. The van der Waals surface area contributed by atoms with Crippen molar-refractivity contribution >= 4 is 11.9 Å². The highest BCUT2D eigenvalue weighted by Gasteiger charge is 2.57. The van der Waals surface area contributed by atoms with Crippen LogP contribution in [0.15, 0.2) is 12.2 Å². The quantitative estimate of drug-likeness (QED) is 0.486. The second kappa shape index (κ2) is 2.83. The van der Waals surface area contributed by atoms with Gasteiger partial charge in [0.05, 0.1) is 6.61 Å². The van der Waals surface area contributed by atoms with Gasteiger partial charge in [-0.2, -0.15) is 0 Å². The van der Waals surface area contributed by atoms with Gasteiger partial charge in [0.25, 0.3) is 0 Å². The van der Waals surface area contributed by atoms with Gasteiger partial charge in [-0.1, -0.05) is 13.5 Å². The molecule has 2 saturated heterocycles. The molecular formula is C10H13NO3. The summed E-state index contributed by atoms with van der Waals surface area (Å²) in [4.78, 5) is 23.0. The van der Waals surface area contributed by atoms with Gasteiger partial charge in [0.2, 0.25) is 5.91 Å². The molecule has 2 rings (SSSR count). The molecule has 0 saturated carbocycles. The van der Waals surface area contributed by atoms with Crippen LogP contribution in [-0.2, 0) is 14.3 Å². The van der Waals surface area contributed by atoms with Crippen molar-refractivity contribution in [3.8, 4) is 0 Å². The normalized spacial score (nSPS) is 36.4. The minimum absolute atomic E-state index is 0.106. The molecule has 0 aromatic carbocycles. The number of hydrogen-bond donors (Lipinski definition) is 1. The summed E-state index contributed by atoms with van der Waals surface area (Å²) in [6.07, 6.45) is 1.29. The van der Waals surface area contributed by atoms with E-state index in [1.54, 1.807) is 0 Å². The van der Waals surface area contributed by atoms with Crippen molar-refractivity contribution in [1.82, 2.24) is 5.32 Å². The summed E-state index contributed by atoms with van der Waals surface area (Å²) in [5, 5.41) is 2.72. The smallest absolute Gasteiger partial charge is 0.332 e. The topological polar surface area (TPSA) is 55.4 Å². The number of cyclic esters (lactones) is 1. The fourth-order valence-electron chi connectivity index (χ4n) is 2.39. The predicted octanol–water partition coefficient (Wildman–Crippen LogP) is 0.384. The molecule has 2 aliphatic rings. The molecule has 0 bridgehead atoms. The number of amides is 1. The van der Waals surface area contributed by atoms with Crippen LogP contribution in [0.4, 0.5) is 0 Å². The van der Waals surface area contributed by atoms with E-state index in [9.17, 15) is 9.59 Å². The molecule has 0 aliphatic carbocycles. The molecule has 1 amide bonds. The number of carbonyl (C=O) groups is 2. The molecule has 2 heterocycles. The van der Waals surface area contributed by atoms with Crippen LogP contribution >= 0.6 is 0 Å². The monoisotopic (exact) mass is 195 g/mol. The van der Waals surface area contributed by atoms with Crippen LogP contribution < -0.4 is 5.32 Å². The Labute approximate surface area is 82.3 Å². The van der Waals surface area contributed by atoms with Gasteiger partial charge in [0.1, 0.15) is 5.54 Å². The van der Waals surface area contributed by atoms with Crippen molar-refractivity contribution in [3.05, 3.63) is 12.2 Å². The summed E-state index contributed by atoms with van der Waals surface area (Å²) in [6.45, 7) is 6.06. The Morgan fingerprint density at radius 3 is 2.86 bits per heavy atom. The number of rotatable bonds is 1. The zero-order valence-corrected chi connectivity index (χ0v) is 8.13. The first-order valence-corrected chi connectivity index (χ1v) is 4.80. The third-order valence-electron chi connectivity index (χ3n) is 3.15. The SMILES string of the molecule is C=C1C(=O)N[C@@]2(CCOC2=O)[C@@H]1CC. The molecule has 2 fully saturated rings. The van der Waals surface area contributed by atoms with E-state index < -0.39 is 5.54 Å². The standard InChI is InChI=1S/C10H13NO3/c1-3-7-6(2)8(12)11-10(7)4-5-14-9(10)13/h7H,2-5H2,1H3,(H,11,12)/t7-,10+/m1/s1. The largest absolute Gasteiger partial charge is 0.464 e. The highest BCUT2D eigenvalue weighted by molar-refractivity contribution is 6.03. The zero-order valence-electron chi connectivity index (χ0n) is 8.13. The Morgan fingerprint density at radius 2 is 2.36 bits per heavy atom. The highest BCUT2D eigenvalue weighted by atomic mass is 16.5. The van der Waals surface area contributed by atoms with Crippen LogP contribution in [0.2, 0.25) is 0 Å². The van der Waals surface area contributed by atoms with Gasteiger partial charge in [0, 0.05) is 17.9 Å². The zero-order chi connectivity index (χ0) is 10.3. The molecule has 2 atom stereocenters. The molecular weight excluding hydrogens is 182 g/mol. The Kier molecular flexibility index (Phi) is 1.87. The van der Waals surface area contributed by atoms with Crippen LogP contribution in [0.3, 0.4) is 0 Å². The van der Waals surface area contributed by atoms with E-state index in [2.05, 4.69) is 11.9 Å². The van der Waals surface area contributed by atoms with Gasteiger partial charge in [0.15, 0.2) is 0 Å². The fraction of sp³-hybridized carbons (Fsp3) is 0.600. The molecule has 76 valence electrons. The molecule has 1 N–H and O–H groups in total. The lowest BCUT2D eigenvalue weighted by molar-refractivity contribution is -0.145. The van der Waals surface area contributed by atoms with Crippen LogP contribution in [0, 0.1) is 5.92 Å². The first-order chi connectivity index (χ1) is 6.62. The second-order valence-electron chi connectivity index (χ2n) is 3.80. The van der Waals surface area contributed by atoms with E-state index in [1.165, 1.54) is 0 Å². The van der Waals surface area contributed by atoms with Gasteiger partial charge < -0.3 is 10.1 Å². The van der Waals surface area contributed by atoms with E-state index in [1.807, 2.05) is 6.92 Å². The number of ether oxygens (including phenoxy) is 1. The van der Waals surface area contributed by atoms with Crippen molar-refractivity contribution in [2.24, 2.45) is 5.92 Å². The number of esters is 1.